The maximum Gasteiger partial charge on any atom is 0.276 e. The van der Waals surface area contributed by atoms with Gasteiger partial charge in [0.2, 0.25) is 0 Å². The molecule has 0 saturated heterocycles. The van der Waals surface area contributed by atoms with Gasteiger partial charge in [-0.25, -0.2) is 0 Å². The van der Waals surface area contributed by atoms with Gasteiger partial charge in [-0.05, 0) is 30.4 Å². The highest BCUT2D eigenvalue weighted by Gasteiger charge is 2.63. The first-order valence-corrected chi connectivity index (χ1v) is 7.74. The average Bonchev–Trinajstić information content (AvgIpc) is 2.69. The largest absolute Gasteiger partial charge is 0.294 e. The Morgan fingerprint density at radius 3 is 2.52 bits per heavy atom. The second-order valence-corrected chi connectivity index (χ2v) is 7.21. The van der Waals surface area contributed by atoms with E-state index in [1.807, 2.05) is 20.8 Å². The Morgan fingerprint density at radius 2 is 1.87 bits per heavy atom. The molecule has 3 rings (SSSR count). The molecule has 5 nitrogen and oxygen atoms in total. The molecule has 0 N–H and O–H groups in total. The molecule has 23 heavy (non-hydrogen) atoms. The van der Waals surface area contributed by atoms with Crippen LogP contribution in [0.25, 0.3) is 6.08 Å². The summed E-state index contributed by atoms with van der Waals surface area (Å²) in [4.78, 5) is 36.4. The predicted octanol–water partition coefficient (Wildman–Crippen LogP) is 3.57. The van der Waals surface area contributed by atoms with E-state index in [1.165, 1.54) is 12.1 Å². The highest BCUT2D eigenvalue weighted by molar-refractivity contribution is 6.28. The molecule has 0 radical (unpaired) electrons. The number of benzene rings is 1. The van der Waals surface area contributed by atoms with Crippen molar-refractivity contribution in [1.29, 1.82) is 0 Å². The van der Waals surface area contributed by atoms with Crippen LogP contribution in [0.2, 0.25) is 0 Å². The first kappa shape index (κ1) is 15.6. The molecular formula is C18H19NO4. The maximum absolute atomic E-state index is 13.0. The van der Waals surface area contributed by atoms with E-state index in [4.69, 9.17) is 0 Å². The van der Waals surface area contributed by atoms with E-state index in [9.17, 15) is 19.7 Å². The van der Waals surface area contributed by atoms with Crippen LogP contribution in [0.1, 0.15) is 39.2 Å². The van der Waals surface area contributed by atoms with Crippen molar-refractivity contribution in [3.63, 3.8) is 0 Å². The third-order valence-electron chi connectivity index (χ3n) is 5.99. The van der Waals surface area contributed by atoms with Crippen LogP contribution in [-0.4, -0.2) is 16.5 Å². The van der Waals surface area contributed by atoms with E-state index in [0.29, 0.717) is 18.4 Å². The number of hydrogen-bond acceptors (Lipinski definition) is 4. The topological polar surface area (TPSA) is 77.3 Å². The van der Waals surface area contributed by atoms with Crippen molar-refractivity contribution in [2.45, 2.75) is 33.6 Å². The zero-order valence-corrected chi connectivity index (χ0v) is 13.5. The summed E-state index contributed by atoms with van der Waals surface area (Å²) in [6.07, 6.45) is 2.79. The highest BCUT2D eigenvalue weighted by Crippen LogP contribution is 2.61. The van der Waals surface area contributed by atoms with E-state index >= 15 is 0 Å². The Morgan fingerprint density at radius 1 is 1.22 bits per heavy atom. The molecular weight excluding hydrogens is 294 g/mol. The molecule has 2 bridgehead atoms. The van der Waals surface area contributed by atoms with Crippen LogP contribution < -0.4 is 0 Å². The molecule has 0 amide bonds. The monoisotopic (exact) mass is 313 g/mol. The Hall–Kier alpha value is -2.30. The van der Waals surface area contributed by atoms with E-state index in [2.05, 4.69) is 0 Å². The molecule has 0 spiro atoms. The number of para-hydroxylation sites is 1. The summed E-state index contributed by atoms with van der Waals surface area (Å²) in [5.41, 5.74) is -0.634. The lowest BCUT2D eigenvalue weighted by molar-refractivity contribution is -0.385. The summed E-state index contributed by atoms with van der Waals surface area (Å²) in [5, 5.41) is 11.1. The normalized spacial score (nSPS) is 30.7. The quantitative estimate of drug-likeness (QED) is 0.362. The average molecular weight is 313 g/mol. The Labute approximate surface area is 134 Å². The smallest absolute Gasteiger partial charge is 0.276 e. The van der Waals surface area contributed by atoms with Gasteiger partial charge in [0.05, 0.1) is 16.1 Å². The number of Topliss-reactive ketones (excluding diaryl/α,β-unsaturated/α-hetero) is 2. The van der Waals surface area contributed by atoms with Crippen molar-refractivity contribution in [3.05, 3.63) is 45.5 Å². The maximum atomic E-state index is 13.0. The summed E-state index contributed by atoms with van der Waals surface area (Å²) in [6.45, 7) is 5.86. The molecule has 2 unspecified atom stereocenters. The van der Waals surface area contributed by atoms with Crippen LogP contribution in [-0.2, 0) is 9.59 Å². The Balaban J connectivity index is 2.14. The van der Waals surface area contributed by atoms with E-state index in [-0.39, 0.29) is 34.2 Å². The third-order valence-corrected chi connectivity index (χ3v) is 5.99. The number of carbonyl (C=O) groups is 2. The molecule has 2 aliphatic carbocycles. The van der Waals surface area contributed by atoms with E-state index in [1.54, 1.807) is 18.2 Å². The molecule has 2 aliphatic rings. The van der Waals surface area contributed by atoms with Crippen molar-refractivity contribution in [2.24, 2.45) is 16.7 Å². The van der Waals surface area contributed by atoms with E-state index in [0.717, 1.165) is 0 Å². The standard InChI is InChI=1S/C18H19NO4/c1-17(2)13-8-9-18(17,3)16(21)12(15(13)20)10-11-6-4-5-7-14(11)19(22)23/h4-7,10,13H,8-9H2,1-3H3. The summed E-state index contributed by atoms with van der Waals surface area (Å²) in [6, 6.07) is 6.18. The first-order valence-electron chi connectivity index (χ1n) is 7.74. The van der Waals surface area contributed by atoms with Crippen molar-refractivity contribution < 1.29 is 14.5 Å². The van der Waals surface area contributed by atoms with Crippen LogP contribution in [0.3, 0.4) is 0 Å². The number of ketones is 2. The minimum Gasteiger partial charge on any atom is -0.294 e. The van der Waals surface area contributed by atoms with Gasteiger partial charge >= 0.3 is 0 Å². The van der Waals surface area contributed by atoms with Gasteiger partial charge in [0.15, 0.2) is 11.6 Å². The number of rotatable bonds is 2. The fourth-order valence-corrected chi connectivity index (χ4v) is 4.03. The second kappa shape index (κ2) is 4.85. The number of carbonyl (C=O) groups excluding carboxylic acids is 2. The van der Waals surface area contributed by atoms with Gasteiger partial charge in [-0.3, -0.25) is 19.7 Å². The minimum absolute atomic E-state index is 0.0945. The molecule has 0 aromatic heterocycles. The fourth-order valence-electron chi connectivity index (χ4n) is 4.03. The van der Waals surface area contributed by atoms with Crippen molar-refractivity contribution >= 4 is 23.3 Å². The SMILES string of the molecule is CC12CCC(C(=O)C(=Cc3ccccc3[N+](=O)[O-])C1=O)C2(C)C. The van der Waals surface area contributed by atoms with Crippen LogP contribution >= 0.6 is 0 Å². The zero-order valence-electron chi connectivity index (χ0n) is 13.5. The molecule has 2 saturated carbocycles. The minimum atomic E-state index is -0.582. The lowest BCUT2D eigenvalue weighted by atomic mass is 9.57. The van der Waals surface area contributed by atoms with Gasteiger partial charge in [-0.1, -0.05) is 32.9 Å². The molecule has 2 atom stereocenters. The van der Waals surface area contributed by atoms with Crippen molar-refractivity contribution in [1.82, 2.24) is 0 Å². The highest BCUT2D eigenvalue weighted by atomic mass is 16.6. The zero-order chi connectivity index (χ0) is 17.0. The number of allylic oxidation sites excluding steroid dienone is 1. The first-order chi connectivity index (χ1) is 10.7. The number of nitro groups is 1. The molecule has 0 heterocycles. The van der Waals surface area contributed by atoms with Crippen LogP contribution in [0, 0.1) is 26.9 Å². The van der Waals surface area contributed by atoms with Gasteiger partial charge < -0.3 is 0 Å². The van der Waals surface area contributed by atoms with Crippen LogP contribution in [0.15, 0.2) is 29.8 Å². The van der Waals surface area contributed by atoms with Crippen molar-refractivity contribution in [3.8, 4) is 0 Å². The molecule has 120 valence electrons. The molecule has 1 aromatic rings. The summed E-state index contributed by atoms with van der Waals surface area (Å²) < 4.78 is 0. The molecule has 0 aliphatic heterocycles. The van der Waals surface area contributed by atoms with Gasteiger partial charge in [-0.15, -0.1) is 0 Å². The second-order valence-electron chi connectivity index (χ2n) is 7.21. The third kappa shape index (κ3) is 1.99. The molecule has 5 heteroatoms. The van der Waals surface area contributed by atoms with E-state index < -0.39 is 10.3 Å². The number of fused-ring (bicyclic) bond motifs is 2. The summed E-state index contributed by atoms with van der Waals surface area (Å²) >= 11 is 0. The van der Waals surface area contributed by atoms with Crippen LogP contribution in [0.4, 0.5) is 5.69 Å². The van der Waals surface area contributed by atoms with Gasteiger partial charge in [0.25, 0.3) is 5.69 Å². The predicted molar refractivity (Wildman–Crippen MR) is 85.7 cm³/mol. The Bertz CT molecular complexity index is 762. The van der Waals surface area contributed by atoms with Gasteiger partial charge in [0.1, 0.15) is 0 Å². The number of nitrogens with zero attached hydrogens (tertiary/aromatic N) is 1. The number of hydrogen-bond donors (Lipinski definition) is 0. The van der Waals surface area contributed by atoms with Gasteiger partial charge in [0, 0.05) is 17.4 Å². The number of nitro benzene ring substituents is 1. The lowest BCUT2D eigenvalue weighted by Crippen LogP contribution is -2.49. The summed E-state index contributed by atoms with van der Waals surface area (Å²) in [7, 11) is 0. The molecule has 2 fully saturated rings. The van der Waals surface area contributed by atoms with Gasteiger partial charge in [-0.2, -0.15) is 0 Å². The lowest BCUT2D eigenvalue weighted by Gasteiger charge is -2.44. The summed E-state index contributed by atoms with van der Waals surface area (Å²) in [5.74, 6) is -0.549. The molecule has 1 aromatic carbocycles. The van der Waals surface area contributed by atoms with Crippen molar-refractivity contribution in [2.75, 3.05) is 0 Å². The Kier molecular flexibility index (Phi) is 3.29. The van der Waals surface area contributed by atoms with Crippen LogP contribution in [0.5, 0.6) is 0 Å². The fraction of sp³-hybridized carbons (Fsp3) is 0.444.